The molecule has 0 N–H and O–H groups in total. The molecule has 2 fully saturated rings. The number of carbonyl (C=O) groups excluding carboxylic acids is 1. The van der Waals surface area contributed by atoms with Gasteiger partial charge in [0.15, 0.2) is 0 Å². The van der Waals surface area contributed by atoms with Crippen molar-refractivity contribution < 1.29 is 19.4 Å². The highest BCUT2D eigenvalue weighted by molar-refractivity contribution is 5.69. The van der Waals surface area contributed by atoms with E-state index < -0.39 is 11.9 Å². The molecule has 1 aromatic heterocycles. The highest BCUT2D eigenvalue weighted by atomic mass is 16.5. The van der Waals surface area contributed by atoms with Crippen molar-refractivity contribution in [3.63, 3.8) is 0 Å². The second-order valence-electron chi connectivity index (χ2n) is 11.5. The molecule has 0 bridgehead atoms. The van der Waals surface area contributed by atoms with Gasteiger partial charge in [0, 0.05) is 30.7 Å². The van der Waals surface area contributed by atoms with Crippen molar-refractivity contribution in [2.45, 2.75) is 64.0 Å². The highest BCUT2D eigenvalue weighted by Crippen LogP contribution is 2.48. The Bertz CT molecular complexity index is 1350. The van der Waals surface area contributed by atoms with Crippen LogP contribution in [-0.2, 0) is 17.8 Å². The maximum absolute atomic E-state index is 11.7. The molecule has 0 radical (unpaired) electrons. The summed E-state index contributed by atoms with van der Waals surface area (Å²) in [5.74, 6) is 0.423. The minimum absolute atomic E-state index is 0.0204. The lowest BCUT2D eigenvalue weighted by atomic mass is 9.82. The fraction of sp³-hybridized carbons (Fsp3) is 0.455. The number of likely N-dealkylation sites (tertiary alicyclic amines) is 1. The summed E-state index contributed by atoms with van der Waals surface area (Å²) in [5.41, 5.74) is 7.05. The van der Waals surface area contributed by atoms with Gasteiger partial charge in [-0.05, 0) is 109 Å². The second kappa shape index (κ2) is 11.0. The van der Waals surface area contributed by atoms with Crippen molar-refractivity contribution in [3.8, 4) is 22.8 Å². The summed E-state index contributed by atoms with van der Waals surface area (Å²) in [6, 6.07) is 17.1. The summed E-state index contributed by atoms with van der Waals surface area (Å²) >= 11 is 0. The van der Waals surface area contributed by atoms with Crippen molar-refractivity contribution >= 4 is 5.97 Å². The number of methoxy groups -OCH3 is 1. The first kappa shape index (κ1) is 25.9. The van der Waals surface area contributed by atoms with Gasteiger partial charge in [-0.25, -0.2) is 4.98 Å². The maximum atomic E-state index is 11.7. The van der Waals surface area contributed by atoms with Crippen LogP contribution in [-0.4, -0.2) is 36.1 Å². The Hall–Kier alpha value is -3.38. The molecule has 1 saturated heterocycles. The number of hydrogen-bond donors (Lipinski definition) is 0. The van der Waals surface area contributed by atoms with Crippen LogP contribution >= 0.6 is 0 Å². The summed E-state index contributed by atoms with van der Waals surface area (Å²) in [6.07, 6.45) is 8.29. The van der Waals surface area contributed by atoms with Crippen LogP contribution in [0.3, 0.4) is 0 Å². The molecule has 2 aliphatic heterocycles. The predicted molar refractivity (Wildman–Crippen MR) is 149 cm³/mol. The van der Waals surface area contributed by atoms with E-state index >= 15 is 0 Å². The molecule has 3 heterocycles. The van der Waals surface area contributed by atoms with E-state index in [1.54, 1.807) is 20.2 Å². The number of carboxylic acids is 1. The number of fused-ring (bicyclic) bond motifs is 1. The van der Waals surface area contributed by atoms with Crippen LogP contribution in [0, 0.1) is 11.8 Å². The fourth-order valence-corrected chi connectivity index (χ4v) is 6.50. The van der Waals surface area contributed by atoms with Gasteiger partial charge in [0.05, 0.1) is 7.11 Å². The van der Waals surface area contributed by atoms with Crippen LogP contribution < -0.4 is 14.6 Å². The van der Waals surface area contributed by atoms with Crippen LogP contribution in [0.15, 0.2) is 54.7 Å². The Balaban J connectivity index is 1.30. The number of ether oxygens (including phenoxy) is 2. The molecule has 0 spiro atoms. The fourth-order valence-electron chi connectivity index (χ4n) is 6.50. The van der Waals surface area contributed by atoms with Gasteiger partial charge in [-0.15, -0.1) is 0 Å². The Kier molecular flexibility index (Phi) is 7.30. The summed E-state index contributed by atoms with van der Waals surface area (Å²) < 4.78 is 12.0. The Morgan fingerprint density at radius 3 is 2.67 bits per heavy atom. The van der Waals surface area contributed by atoms with Crippen molar-refractivity contribution in [1.82, 2.24) is 9.88 Å². The molecule has 6 nitrogen and oxygen atoms in total. The number of carbonyl (C=O) groups is 1. The molecule has 3 atom stereocenters. The van der Waals surface area contributed by atoms with Gasteiger partial charge >= 0.3 is 0 Å². The van der Waals surface area contributed by atoms with Gasteiger partial charge in [0.1, 0.15) is 11.9 Å². The quantitative estimate of drug-likeness (QED) is 0.378. The number of nitrogens with zero attached hydrogens (tertiary/aromatic N) is 2. The van der Waals surface area contributed by atoms with E-state index in [-0.39, 0.29) is 12.0 Å². The third kappa shape index (κ3) is 5.53. The molecule has 0 amide bonds. The molecule has 1 aliphatic carbocycles. The first-order valence-corrected chi connectivity index (χ1v) is 14.4. The van der Waals surface area contributed by atoms with Crippen molar-refractivity contribution in [2.24, 2.45) is 11.8 Å². The molecule has 3 aliphatic rings. The van der Waals surface area contributed by atoms with E-state index in [2.05, 4.69) is 46.3 Å². The lowest BCUT2D eigenvalue weighted by Crippen LogP contribution is -2.34. The number of benzene rings is 2. The van der Waals surface area contributed by atoms with E-state index in [1.807, 2.05) is 12.1 Å². The SMILES string of the molecule is COc1cc(-c2ccc(C3CCc4ccc([C@H](C5CC5)[C@H](C)C(=O)[O-])cc4O3)cc2CN2CCCC2)ccn1. The highest BCUT2D eigenvalue weighted by Gasteiger charge is 2.37. The lowest BCUT2D eigenvalue weighted by molar-refractivity contribution is -0.311. The number of rotatable bonds is 9. The van der Waals surface area contributed by atoms with Crippen LogP contribution in [0.2, 0.25) is 0 Å². The number of pyridine rings is 1. The van der Waals surface area contributed by atoms with Crippen LogP contribution in [0.4, 0.5) is 0 Å². The molecule has 6 rings (SSSR count). The third-order valence-electron chi connectivity index (χ3n) is 8.81. The number of aliphatic carboxylic acids is 1. The topological polar surface area (TPSA) is 74.7 Å². The first-order valence-electron chi connectivity index (χ1n) is 14.4. The second-order valence-corrected chi connectivity index (χ2v) is 11.5. The van der Waals surface area contributed by atoms with Gasteiger partial charge in [-0.3, -0.25) is 4.90 Å². The zero-order valence-electron chi connectivity index (χ0n) is 22.9. The maximum Gasteiger partial charge on any atom is 0.213 e. The standard InChI is InChI=1S/C33H38N2O4/c1-21(33(36)37)32(23-6-7-23)26-8-5-22-10-12-29(39-30(22)18-26)25-9-11-28(24-13-14-34-31(19-24)38-2)27(17-25)20-35-15-3-4-16-35/h5,8-9,11,13-14,17-19,21,23,29,32H,3-4,6-7,10,12,15-16,20H2,1-2H3,(H,36,37)/p-1/t21-,29?,32-/m0/s1. The molecular formula is C33H37N2O4-. The van der Waals surface area contributed by atoms with Gasteiger partial charge in [0.2, 0.25) is 5.88 Å². The van der Waals surface area contributed by atoms with Crippen molar-refractivity contribution in [1.29, 1.82) is 0 Å². The summed E-state index contributed by atoms with van der Waals surface area (Å²) in [7, 11) is 1.65. The number of carboxylic acid groups (broad SMARTS) is 1. The average molecular weight is 526 g/mol. The van der Waals surface area contributed by atoms with Crippen molar-refractivity contribution in [2.75, 3.05) is 20.2 Å². The zero-order valence-corrected chi connectivity index (χ0v) is 22.9. The van der Waals surface area contributed by atoms with Gasteiger partial charge in [-0.1, -0.05) is 37.3 Å². The molecule has 1 unspecified atom stereocenters. The molecular weight excluding hydrogens is 488 g/mol. The molecule has 39 heavy (non-hydrogen) atoms. The van der Waals surface area contributed by atoms with Gasteiger partial charge in [-0.2, -0.15) is 0 Å². The molecule has 6 heteroatoms. The van der Waals surface area contributed by atoms with E-state index in [9.17, 15) is 9.90 Å². The first-order chi connectivity index (χ1) is 19.0. The van der Waals surface area contributed by atoms with Crippen LogP contribution in [0.5, 0.6) is 11.6 Å². The normalized spacial score (nSPS) is 20.6. The van der Waals surface area contributed by atoms with E-state index in [0.29, 0.717) is 11.8 Å². The Morgan fingerprint density at radius 1 is 1.10 bits per heavy atom. The Morgan fingerprint density at radius 2 is 1.92 bits per heavy atom. The minimum Gasteiger partial charge on any atom is -0.550 e. The number of aromatic nitrogens is 1. The van der Waals surface area contributed by atoms with E-state index in [0.717, 1.165) is 62.2 Å². The minimum atomic E-state index is -0.971. The zero-order chi connectivity index (χ0) is 26.9. The van der Waals surface area contributed by atoms with E-state index in [1.165, 1.54) is 35.1 Å². The van der Waals surface area contributed by atoms with E-state index in [4.69, 9.17) is 9.47 Å². The number of hydrogen-bond acceptors (Lipinski definition) is 6. The largest absolute Gasteiger partial charge is 0.550 e. The molecule has 1 saturated carbocycles. The monoisotopic (exact) mass is 525 g/mol. The number of aryl methyl sites for hydroxylation is 1. The lowest BCUT2D eigenvalue weighted by Gasteiger charge is -2.30. The summed E-state index contributed by atoms with van der Waals surface area (Å²) in [6.45, 7) is 4.95. The summed E-state index contributed by atoms with van der Waals surface area (Å²) in [4.78, 5) is 18.6. The predicted octanol–water partition coefficient (Wildman–Crippen LogP) is 5.30. The van der Waals surface area contributed by atoms with Gasteiger partial charge < -0.3 is 19.4 Å². The smallest absolute Gasteiger partial charge is 0.213 e. The molecule has 3 aromatic rings. The van der Waals surface area contributed by atoms with Crippen LogP contribution in [0.25, 0.3) is 11.1 Å². The van der Waals surface area contributed by atoms with Gasteiger partial charge in [0.25, 0.3) is 0 Å². The third-order valence-corrected chi connectivity index (χ3v) is 8.81. The van der Waals surface area contributed by atoms with Crippen LogP contribution in [0.1, 0.15) is 73.3 Å². The average Bonchev–Trinajstić information content (AvgIpc) is 3.66. The Labute approximate surface area is 231 Å². The molecule has 204 valence electrons. The van der Waals surface area contributed by atoms with Crippen molar-refractivity contribution in [3.05, 3.63) is 77.0 Å². The molecule has 2 aromatic carbocycles. The summed E-state index contributed by atoms with van der Waals surface area (Å²) in [5, 5.41) is 11.7.